The second-order valence-corrected chi connectivity index (χ2v) is 5.26. The van der Waals surface area contributed by atoms with E-state index < -0.39 is 15.8 Å². The fourth-order valence-electron chi connectivity index (χ4n) is 1.16. The second kappa shape index (κ2) is 4.34. The number of nitrogens with zero attached hydrogens (tertiary/aromatic N) is 1. The molecule has 1 aromatic heterocycles. The molecule has 0 saturated carbocycles. The lowest BCUT2D eigenvalue weighted by Crippen LogP contribution is -2.12. The van der Waals surface area contributed by atoms with Gasteiger partial charge in [-0.25, -0.2) is 12.8 Å². The summed E-state index contributed by atoms with van der Waals surface area (Å²) in [5.74, 6) is -0.672. The third-order valence-electron chi connectivity index (χ3n) is 1.95. The van der Waals surface area contributed by atoms with E-state index in [1.165, 1.54) is 12.4 Å². The van der Waals surface area contributed by atoms with Gasteiger partial charge in [0.2, 0.25) is 0 Å². The smallest absolute Gasteiger partial charge is 0.262 e. The number of halogens is 2. The Kier molecular flexibility index (Phi) is 3.03. The molecule has 0 aliphatic rings. The molecule has 2 aromatic rings. The molecule has 0 amide bonds. The summed E-state index contributed by atoms with van der Waals surface area (Å²) in [6, 6.07) is 3.16. The fraction of sp³-hybridized carbons (Fsp3) is 0. The first kappa shape index (κ1) is 11.9. The Labute approximate surface area is 102 Å². The fourth-order valence-corrected chi connectivity index (χ4v) is 2.47. The van der Waals surface area contributed by atoms with Crippen molar-refractivity contribution in [3.05, 3.63) is 41.4 Å². The standard InChI is InChI=1S/C9H7ClFN3O2S/c10-8-3-7(1-2-9(8)11)17(15,16)14-6-4-12-13-5-6/h1-5,14H,(H,12,13). The van der Waals surface area contributed by atoms with E-state index in [1.54, 1.807) is 0 Å². The normalized spacial score (nSPS) is 11.4. The van der Waals surface area contributed by atoms with Gasteiger partial charge in [-0.1, -0.05) is 11.6 Å². The summed E-state index contributed by atoms with van der Waals surface area (Å²) in [5, 5.41) is 5.81. The van der Waals surface area contributed by atoms with E-state index in [9.17, 15) is 12.8 Å². The summed E-state index contributed by atoms with van der Waals surface area (Å²) in [6.07, 6.45) is 2.69. The largest absolute Gasteiger partial charge is 0.284 e. The van der Waals surface area contributed by atoms with Crippen LogP contribution in [0.1, 0.15) is 0 Å². The Morgan fingerprint density at radius 2 is 2.18 bits per heavy atom. The van der Waals surface area contributed by atoms with Crippen molar-refractivity contribution in [3.8, 4) is 0 Å². The van der Waals surface area contributed by atoms with E-state index in [4.69, 9.17) is 11.6 Å². The lowest BCUT2D eigenvalue weighted by Gasteiger charge is -2.06. The summed E-state index contributed by atoms with van der Waals surface area (Å²) < 4.78 is 38.8. The van der Waals surface area contributed by atoms with E-state index in [-0.39, 0.29) is 15.6 Å². The maximum atomic E-state index is 12.9. The van der Waals surface area contributed by atoms with Crippen LogP contribution < -0.4 is 4.72 Å². The zero-order chi connectivity index (χ0) is 12.5. The molecule has 5 nitrogen and oxygen atoms in total. The monoisotopic (exact) mass is 275 g/mol. The Balaban J connectivity index is 2.35. The van der Waals surface area contributed by atoms with Gasteiger partial charge in [0.05, 0.1) is 21.8 Å². The zero-order valence-electron chi connectivity index (χ0n) is 8.31. The van der Waals surface area contributed by atoms with E-state index in [0.29, 0.717) is 0 Å². The Morgan fingerprint density at radius 3 is 2.76 bits per heavy atom. The van der Waals surface area contributed by atoms with Gasteiger partial charge in [-0.15, -0.1) is 0 Å². The number of rotatable bonds is 3. The molecule has 90 valence electrons. The first-order valence-electron chi connectivity index (χ1n) is 4.46. The lowest BCUT2D eigenvalue weighted by atomic mass is 10.3. The predicted molar refractivity (Wildman–Crippen MR) is 60.8 cm³/mol. The molecule has 0 aliphatic carbocycles. The van der Waals surface area contributed by atoms with Crippen LogP contribution in [-0.4, -0.2) is 18.6 Å². The van der Waals surface area contributed by atoms with Gasteiger partial charge in [0.15, 0.2) is 0 Å². The average Bonchev–Trinajstić information content (AvgIpc) is 2.73. The minimum atomic E-state index is -3.78. The zero-order valence-corrected chi connectivity index (χ0v) is 9.89. The number of sulfonamides is 1. The first-order valence-corrected chi connectivity index (χ1v) is 6.32. The van der Waals surface area contributed by atoms with Crippen LogP contribution in [0.15, 0.2) is 35.5 Å². The van der Waals surface area contributed by atoms with Crippen molar-refractivity contribution in [2.75, 3.05) is 4.72 Å². The van der Waals surface area contributed by atoms with Gasteiger partial charge >= 0.3 is 0 Å². The van der Waals surface area contributed by atoms with Crippen molar-refractivity contribution in [1.29, 1.82) is 0 Å². The maximum absolute atomic E-state index is 12.9. The van der Waals surface area contributed by atoms with E-state index in [0.717, 1.165) is 18.2 Å². The molecule has 1 heterocycles. The molecular weight excluding hydrogens is 269 g/mol. The number of anilines is 1. The molecule has 1 aromatic carbocycles. The minimum Gasteiger partial charge on any atom is -0.284 e. The molecule has 0 aliphatic heterocycles. The third-order valence-corrected chi connectivity index (χ3v) is 3.62. The Morgan fingerprint density at radius 1 is 1.41 bits per heavy atom. The third kappa shape index (κ3) is 2.56. The molecule has 0 atom stereocenters. The SMILES string of the molecule is O=S(=O)(Nc1cn[nH]c1)c1ccc(F)c(Cl)c1. The van der Waals surface area contributed by atoms with Crippen LogP contribution in [0, 0.1) is 5.82 Å². The van der Waals surface area contributed by atoms with Crippen molar-refractivity contribution in [2.45, 2.75) is 4.90 Å². The van der Waals surface area contributed by atoms with Crippen molar-refractivity contribution in [3.63, 3.8) is 0 Å². The first-order chi connectivity index (χ1) is 7.99. The van der Waals surface area contributed by atoms with Gasteiger partial charge in [0, 0.05) is 6.20 Å². The number of aromatic nitrogens is 2. The van der Waals surface area contributed by atoms with Crippen molar-refractivity contribution in [1.82, 2.24) is 10.2 Å². The molecule has 8 heteroatoms. The quantitative estimate of drug-likeness (QED) is 0.900. The number of hydrogen-bond donors (Lipinski definition) is 2. The van der Waals surface area contributed by atoms with Gasteiger partial charge < -0.3 is 0 Å². The van der Waals surface area contributed by atoms with Crippen molar-refractivity contribution < 1.29 is 12.8 Å². The van der Waals surface area contributed by atoms with Crippen LogP contribution in [-0.2, 0) is 10.0 Å². The summed E-state index contributed by atoms with van der Waals surface area (Å²) >= 11 is 5.52. The Bertz CT molecular complexity index is 628. The van der Waals surface area contributed by atoms with Crippen LogP contribution in [0.25, 0.3) is 0 Å². The number of nitrogens with one attached hydrogen (secondary N) is 2. The van der Waals surface area contributed by atoms with E-state index >= 15 is 0 Å². The number of benzene rings is 1. The van der Waals surface area contributed by atoms with Gasteiger partial charge in [0.1, 0.15) is 5.82 Å². The summed E-state index contributed by atoms with van der Waals surface area (Å²) in [5.41, 5.74) is 0.283. The minimum absolute atomic E-state index is 0.120. The molecule has 0 spiro atoms. The van der Waals surface area contributed by atoms with Crippen LogP contribution in [0.3, 0.4) is 0 Å². The number of H-pyrrole nitrogens is 1. The molecule has 0 radical (unpaired) electrons. The molecule has 0 bridgehead atoms. The predicted octanol–water partition coefficient (Wildman–Crippen LogP) is 2.00. The second-order valence-electron chi connectivity index (χ2n) is 3.17. The highest BCUT2D eigenvalue weighted by molar-refractivity contribution is 7.92. The summed E-state index contributed by atoms with van der Waals surface area (Å²) in [4.78, 5) is -0.120. The number of hydrogen-bond acceptors (Lipinski definition) is 3. The highest BCUT2D eigenvalue weighted by Gasteiger charge is 2.16. The van der Waals surface area contributed by atoms with Crippen molar-refractivity contribution >= 4 is 27.3 Å². The van der Waals surface area contributed by atoms with E-state index in [2.05, 4.69) is 14.9 Å². The van der Waals surface area contributed by atoms with Gasteiger partial charge in [-0.2, -0.15) is 5.10 Å². The molecule has 17 heavy (non-hydrogen) atoms. The molecule has 2 rings (SSSR count). The van der Waals surface area contributed by atoms with Gasteiger partial charge in [-0.3, -0.25) is 9.82 Å². The highest BCUT2D eigenvalue weighted by atomic mass is 35.5. The summed E-state index contributed by atoms with van der Waals surface area (Å²) in [6.45, 7) is 0. The maximum Gasteiger partial charge on any atom is 0.262 e. The lowest BCUT2D eigenvalue weighted by molar-refractivity contribution is 0.599. The summed E-state index contributed by atoms with van der Waals surface area (Å²) in [7, 11) is -3.78. The molecule has 0 saturated heterocycles. The molecule has 2 N–H and O–H groups in total. The highest BCUT2D eigenvalue weighted by Crippen LogP contribution is 2.21. The van der Waals surface area contributed by atoms with Crippen LogP contribution in [0.2, 0.25) is 5.02 Å². The van der Waals surface area contributed by atoms with Crippen LogP contribution in [0.4, 0.5) is 10.1 Å². The molecular formula is C9H7ClFN3O2S. The average molecular weight is 276 g/mol. The molecule has 0 fully saturated rings. The van der Waals surface area contributed by atoms with Crippen LogP contribution >= 0.6 is 11.6 Å². The number of aromatic amines is 1. The van der Waals surface area contributed by atoms with Gasteiger partial charge in [0.25, 0.3) is 10.0 Å². The molecule has 0 unspecified atom stereocenters. The topological polar surface area (TPSA) is 74.8 Å². The van der Waals surface area contributed by atoms with Crippen molar-refractivity contribution in [2.24, 2.45) is 0 Å². The Hall–Kier alpha value is -1.60. The van der Waals surface area contributed by atoms with E-state index in [1.807, 2.05) is 0 Å². The van der Waals surface area contributed by atoms with Crippen LogP contribution in [0.5, 0.6) is 0 Å². The van der Waals surface area contributed by atoms with Gasteiger partial charge in [-0.05, 0) is 18.2 Å².